The molecule has 3 aliphatic heterocycles. The third kappa shape index (κ3) is 19.8. The number of hydrogen-bond donors (Lipinski definition) is 0. The van der Waals surface area contributed by atoms with Crippen molar-refractivity contribution in [2.24, 2.45) is 0 Å². The molecular weight excluding hydrogens is 1790 g/mol. The lowest BCUT2D eigenvalue weighted by Gasteiger charge is -2.30. The minimum absolute atomic E-state index is 0.0247. The third-order valence-electron chi connectivity index (χ3n) is 24.5. The lowest BCUT2D eigenvalue weighted by atomic mass is 9.85. The van der Waals surface area contributed by atoms with Crippen LogP contribution in [-0.2, 0) is 86.0 Å². The Morgan fingerprint density at radius 2 is 0.696 bits per heavy atom. The van der Waals surface area contributed by atoms with Crippen molar-refractivity contribution in [2.45, 2.75) is 196 Å². The molecule has 0 amide bonds. The number of aryl methyl sites for hydroxylation is 3. The van der Waals surface area contributed by atoms with E-state index in [0.717, 1.165) is 106 Å². The van der Waals surface area contributed by atoms with Crippen LogP contribution in [0.5, 0.6) is 23.0 Å². The van der Waals surface area contributed by atoms with Crippen molar-refractivity contribution in [1.82, 2.24) is 28.7 Å². The largest absolute Gasteiger partial charge is 0.497 e. The van der Waals surface area contributed by atoms with Gasteiger partial charge in [-0.15, -0.1) is 0 Å². The van der Waals surface area contributed by atoms with Gasteiger partial charge in [-0.1, -0.05) is 12.1 Å². The summed E-state index contributed by atoms with van der Waals surface area (Å²) in [6.07, 6.45) is -10.4. The molecule has 0 aliphatic carbocycles. The SMILES string of the molecule is CC(=O)[C@@H](OC(C)(C)C)c1c(C)cc2c(ccc(=O)n2Cc2cc(C(F)(F)F)cc(C(F)(F)F)c2)c1-c1ccc2c3c(ccnc13)CCO2.CC(=O)[C@@H](OC(C)(C)C)c1c(C)cc2c(ccc(=O)n2Cc2cc(F)cc(C(F)(F)F)c2)c1-c1ccc2c3c(ccnc13)CCO2.COc1cccc(Cn2c(=O)ccc3c(-c4ccc5c6c(ccnc46)CCO5)c([C@H](OC(C)(C)C)C(C)=O)c(C)cc32)c1. The fourth-order valence-electron chi connectivity index (χ4n) is 18.9. The van der Waals surface area contributed by atoms with E-state index in [0.29, 0.717) is 141 Å². The third-order valence-corrected chi connectivity index (χ3v) is 24.5. The lowest BCUT2D eigenvalue weighted by molar-refractivity contribution is -0.143. The summed E-state index contributed by atoms with van der Waals surface area (Å²) in [6.45, 7) is 27.8. The van der Waals surface area contributed by atoms with Gasteiger partial charge in [0, 0.05) is 105 Å². The van der Waals surface area contributed by atoms with Gasteiger partial charge in [0.15, 0.2) is 17.3 Å². The highest BCUT2D eigenvalue weighted by Gasteiger charge is 2.41. The summed E-state index contributed by atoms with van der Waals surface area (Å²) >= 11 is 0. The van der Waals surface area contributed by atoms with Crippen molar-refractivity contribution in [2.75, 3.05) is 26.9 Å². The molecule has 0 fully saturated rings. The quantitative estimate of drug-likeness (QED) is 0.0687. The lowest BCUT2D eigenvalue weighted by Crippen LogP contribution is -2.28. The minimum atomic E-state index is -5.06. The van der Waals surface area contributed by atoms with E-state index in [9.17, 15) is 72.7 Å². The van der Waals surface area contributed by atoms with E-state index < -0.39 is 93.8 Å². The van der Waals surface area contributed by atoms with Crippen molar-refractivity contribution >= 4 is 82.8 Å². The summed E-state index contributed by atoms with van der Waals surface area (Å²) in [5, 5.41) is 4.41. The molecule has 0 saturated heterocycles. The van der Waals surface area contributed by atoms with Crippen molar-refractivity contribution in [1.29, 1.82) is 0 Å². The molecule has 0 bridgehead atoms. The molecule has 3 atom stereocenters. The van der Waals surface area contributed by atoms with Gasteiger partial charge in [-0.3, -0.25) is 43.7 Å². The maximum atomic E-state index is 14.4. The number of carbonyl (C=O) groups is 3. The maximum Gasteiger partial charge on any atom is 0.416 e. The summed E-state index contributed by atoms with van der Waals surface area (Å²) in [5.41, 5.74) is 7.71. The van der Waals surface area contributed by atoms with Gasteiger partial charge in [0.25, 0.3) is 16.7 Å². The molecule has 3 aliphatic rings. The fraction of sp³-hybridized carbons (Fsp3) is 0.312. The Hall–Kier alpha value is -13.8. The maximum absolute atomic E-state index is 14.4. The average molecular weight is 1890 g/mol. The number of methoxy groups -OCH3 is 1. The number of nitrogens with zero attached hydrogens (tertiary/aromatic N) is 6. The molecule has 0 saturated carbocycles. The molecule has 714 valence electrons. The molecule has 15 aromatic rings. The number of Topliss-reactive ketones (excluding diaryl/α,β-unsaturated/α-hetero) is 3. The van der Waals surface area contributed by atoms with E-state index in [-0.39, 0.29) is 52.2 Å². The molecule has 0 spiro atoms. The Labute approximate surface area is 787 Å². The van der Waals surface area contributed by atoms with Gasteiger partial charge in [0.1, 0.15) is 47.1 Å². The van der Waals surface area contributed by atoms with Crippen LogP contribution in [0.3, 0.4) is 0 Å². The topological polar surface area (TPSA) is 220 Å². The average Bonchev–Trinajstić information content (AvgIpc) is 0.732. The van der Waals surface area contributed by atoms with Gasteiger partial charge in [-0.25, -0.2) is 4.39 Å². The van der Waals surface area contributed by atoms with Gasteiger partial charge in [-0.2, -0.15) is 39.5 Å². The number of ether oxygens (including phenoxy) is 7. The van der Waals surface area contributed by atoms with Crippen LogP contribution in [0, 0.1) is 26.6 Å². The van der Waals surface area contributed by atoms with Crippen LogP contribution in [0.1, 0.15) is 185 Å². The van der Waals surface area contributed by atoms with Crippen LogP contribution in [-0.4, -0.2) is 89.7 Å². The molecular formula is C109H100F10N6O13. The number of halogens is 10. The van der Waals surface area contributed by atoms with Crippen LogP contribution in [0.4, 0.5) is 43.9 Å². The molecule has 138 heavy (non-hydrogen) atoms. The number of pyridine rings is 6. The van der Waals surface area contributed by atoms with Gasteiger partial charge in [0.2, 0.25) is 0 Å². The standard InChI is InChI=1S/C37H32F6N2O4.C36H32F4N2O4.C36H36N2O5/c1-19-14-27-25(7-9-29(47)45(27)18-21-15-23(36(38,39)40)17-24(16-21)37(41,42)43)32(30(19)34(20(2)46)49-35(3,4)5)26-6-8-28-31-22(11-13-48-28)10-12-44-33(26)31;1-19-14-27-25(7-9-29(44)42(27)18-21-15-23(36(38,39)40)17-24(37)16-21)32(30(19)34(20(2)43)46-35(3,4)5)26-6-8-28-31-22(11-13-45-28)10-12-41-33(26)31;1-21-18-28-26(11-13-30(40)38(28)20-23-8-7-9-25(19-23)41-6)33(31(21)35(22(2)39)43-36(3,4)5)27-10-12-29-32-24(15-17-42-29)14-16-37-34(27)32/h6-10,12,14-17,34H,11,13,18H2,1-5H3;6-10,12,14-17,34H,11,13,18H2,1-5H3;7-14,16,18-19,35H,15,17,20H2,1-6H3/t2*34-;35-/m111/s1. The van der Waals surface area contributed by atoms with Gasteiger partial charge in [0.05, 0.1) is 113 Å². The summed E-state index contributed by atoms with van der Waals surface area (Å²) in [7, 11) is 1.63. The van der Waals surface area contributed by atoms with E-state index >= 15 is 0 Å². The van der Waals surface area contributed by atoms with Gasteiger partial charge in [-0.05, 0) is 327 Å². The van der Waals surface area contributed by atoms with E-state index in [1.165, 1.54) is 36.1 Å². The second-order valence-electron chi connectivity index (χ2n) is 38.0. The second-order valence-corrected chi connectivity index (χ2v) is 38.0. The Bertz CT molecular complexity index is 7600. The van der Waals surface area contributed by atoms with Gasteiger partial charge < -0.3 is 46.9 Å². The first-order valence-corrected chi connectivity index (χ1v) is 45.0. The Morgan fingerprint density at radius 3 is 1.00 bits per heavy atom. The zero-order valence-corrected chi connectivity index (χ0v) is 78.8. The number of alkyl halides is 9. The van der Waals surface area contributed by atoms with Crippen molar-refractivity contribution in [3.63, 3.8) is 0 Å². The fourth-order valence-corrected chi connectivity index (χ4v) is 18.9. The first-order valence-electron chi connectivity index (χ1n) is 45.0. The number of rotatable bonds is 19. The smallest absolute Gasteiger partial charge is 0.416 e. The van der Waals surface area contributed by atoms with Crippen molar-refractivity contribution in [3.05, 3.63) is 309 Å². The highest BCUT2D eigenvalue weighted by atomic mass is 19.4. The molecule has 0 radical (unpaired) electrons. The first kappa shape index (κ1) is 97.3. The van der Waals surface area contributed by atoms with Crippen LogP contribution in [0.2, 0.25) is 0 Å². The zero-order chi connectivity index (χ0) is 99.2. The number of ketones is 3. The molecule has 0 N–H and O–H groups in total. The Balaban J connectivity index is 0.000000150. The van der Waals surface area contributed by atoms with E-state index in [4.69, 9.17) is 48.1 Å². The number of carbonyl (C=O) groups excluding carboxylic acids is 3. The number of fused-ring (bicyclic) bond motifs is 3. The van der Waals surface area contributed by atoms with E-state index in [2.05, 4.69) is 0 Å². The highest BCUT2D eigenvalue weighted by Crippen LogP contribution is 2.51. The van der Waals surface area contributed by atoms with Gasteiger partial charge >= 0.3 is 18.5 Å². The molecule has 29 heteroatoms. The van der Waals surface area contributed by atoms with Crippen LogP contribution in [0.15, 0.2) is 203 Å². The van der Waals surface area contributed by atoms with Crippen molar-refractivity contribution < 1.29 is 91.4 Å². The molecule has 19 nitrogen and oxygen atoms in total. The predicted molar refractivity (Wildman–Crippen MR) is 510 cm³/mol. The number of aromatic nitrogens is 6. The highest BCUT2D eigenvalue weighted by molar-refractivity contribution is 6.12. The summed E-state index contributed by atoms with van der Waals surface area (Å²) in [4.78, 5) is 94.5. The van der Waals surface area contributed by atoms with Crippen molar-refractivity contribution in [3.8, 4) is 56.4 Å². The summed E-state index contributed by atoms with van der Waals surface area (Å²) in [6, 6.07) is 43.0. The normalized spacial score (nSPS) is 14.0. The summed E-state index contributed by atoms with van der Waals surface area (Å²) in [5.74, 6) is 1.16. The molecule has 9 heterocycles. The second kappa shape index (κ2) is 37.3. The molecule has 18 rings (SSSR count). The molecule has 6 aromatic heterocycles. The molecule has 0 unspecified atom stereocenters. The zero-order valence-electron chi connectivity index (χ0n) is 78.8. The van der Waals surface area contributed by atoms with Crippen LogP contribution in [0.25, 0.3) is 98.8 Å². The minimum Gasteiger partial charge on any atom is -0.497 e. The Morgan fingerprint density at radius 1 is 0.384 bits per heavy atom. The monoisotopic (exact) mass is 1890 g/mol. The number of hydrogen-bond acceptors (Lipinski definition) is 16. The predicted octanol–water partition coefficient (Wildman–Crippen LogP) is 24.1. The van der Waals surface area contributed by atoms with Crippen LogP contribution < -0.4 is 35.6 Å². The number of benzene rings is 9. The summed E-state index contributed by atoms with van der Waals surface area (Å²) < 4.78 is 184. The molecule has 9 aromatic carbocycles. The first-order chi connectivity index (χ1) is 65.0. The van der Waals surface area contributed by atoms with Crippen LogP contribution >= 0.6 is 0 Å². The van der Waals surface area contributed by atoms with E-state index in [1.54, 1.807) is 87.3 Å². The Kier molecular flexibility index (Phi) is 26.3. The van der Waals surface area contributed by atoms with E-state index in [1.807, 2.05) is 154 Å².